The molecular weight excluding hydrogens is 393 g/mol. The van der Waals surface area contributed by atoms with E-state index in [0.717, 1.165) is 10.2 Å². The molecule has 0 aliphatic carbocycles. The third-order valence-electron chi connectivity index (χ3n) is 2.64. The molecule has 0 spiro atoms. The van der Waals surface area contributed by atoms with Crippen LogP contribution in [0.1, 0.15) is 5.56 Å². The van der Waals surface area contributed by atoms with Crippen molar-refractivity contribution in [3.8, 4) is 0 Å². The number of thioether (sulfide) groups is 1. The first-order chi connectivity index (χ1) is 10.1. The number of hydrogen-bond acceptors (Lipinski definition) is 2. The van der Waals surface area contributed by atoms with E-state index < -0.39 is 0 Å². The average Bonchev–Trinajstić information content (AvgIpc) is 2.46. The highest BCUT2D eigenvalue weighted by Crippen LogP contribution is 2.29. The predicted molar refractivity (Wildman–Crippen MR) is 95.4 cm³/mol. The summed E-state index contributed by atoms with van der Waals surface area (Å²) >= 11 is 16.9. The zero-order valence-corrected chi connectivity index (χ0v) is 14.8. The molecule has 2 aromatic carbocycles. The highest BCUT2D eigenvalue weighted by atomic mass is 79.9. The van der Waals surface area contributed by atoms with E-state index in [9.17, 15) is 4.79 Å². The lowest BCUT2D eigenvalue weighted by Crippen LogP contribution is -2.14. The monoisotopic (exact) mass is 403 g/mol. The second-order valence-electron chi connectivity index (χ2n) is 4.27. The molecule has 0 aromatic heterocycles. The number of benzene rings is 2. The molecule has 0 atom stereocenters. The molecule has 6 heteroatoms. The van der Waals surface area contributed by atoms with Gasteiger partial charge in [-0.3, -0.25) is 4.79 Å². The molecule has 0 bridgehead atoms. The number of carbonyl (C=O) groups excluding carboxylic acids is 1. The first-order valence-electron chi connectivity index (χ1n) is 6.12. The molecule has 2 rings (SSSR count). The molecule has 0 unspecified atom stereocenters. The summed E-state index contributed by atoms with van der Waals surface area (Å²) in [6.07, 6.45) is 0. The van der Waals surface area contributed by atoms with Gasteiger partial charge in [-0.1, -0.05) is 57.3 Å². The number of carbonyl (C=O) groups is 1. The molecule has 21 heavy (non-hydrogen) atoms. The quantitative estimate of drug-likeness (QED) is 0.699. The largest absolute Gasteiger partial charge is 0.324 e. The minimum absolute atomic E-state index is 0.0960. The zero-order chi connectivity index (χ0) is 15.2. The molecular formula is C15H12BrCl2NOS. The van der Waals surface area contributed by atoms with Crippen molar-refractivity contribution in [2.45, 2.75) is 5.75 Å². The molecule has 0 aliphatic rings. The second kappa shape index (κ2) is 8.08. The summed E-state index contributed by atoms with van der Waals surface area (Å²) in [5, 5.41) is 3.56. The van der Waals surface area contributed by atoms with Crippen LogP contribution in [0.15, 0.2) is 46.9 Å². The molecule has 0 fully saturated rings. The van der Waals surface area contributed by atoms with Gasteiger partial charge in [0.25, 0.3) is 0 Å². The van der Waals surface area contributed by atoms with E-state index in [2.05, 4.69) is 21.2 Å². The van der Waals surface area contributed by atoms with E-state index in [1.54, 1.807) is 30.0 Å². The standard InChI is InChI=1S/C15H12BrCl2NOS/c16-11-6-4-10(5-7-11)8-21-9-14(20)19-13-3-1-2-12(17)15(13)18/h1-7H,8-9H2,(H,19,20). The van der Waals surface area contributed by atoms with Gasteiger partial charge in [0, 0.05) is 10.2 Å². The third-order valence-corrected chi connectivity index (χ3v) is 4.99. The minimum Gasteiger partial charge on any atom is -0.324 e. The molecule has 1 N–H and O–H groups in total. The summed E-state index contributed by atoms with van der Waals surface area (Å²) in [6.45, 7) is 0. The summed E-state index contributed by atoms with van der Waals surface area (Å²) in [5.41, 5.74) is 1.72. The fraction of sp³-hybridized carbons (Fsp3) is 0.133. The lowest BCUT2D eigenvalue weighted by molar-refractivity contribution is -0.113. The molecule has 0 aliphatic heterocycles. The van der Waals surface area contributed by atoms with Gasteiger partial charge >= 0.3 is 0 Å². The topological polar surface area (TPSA) is 29.1 Å². The van der Waals surface area contributed by atoms with Crippen LogP contribution >= 0.6 is 50.9 Å². The van der Waals surface area contributed by atoms with Gasteiger partial charge < -0.3 is 5.32 Å². The molecule has 0 heterocycles. The first kappa shape index (κ1) is 16.7. The zero-order valence-electron chi connectivity index (χ0n) is 10.9. The predicted octanol–water partition coefficient (Wildman–Crippen LogP) is 5.63. The second-order valence-corrected chi connectivity index (χ2v) is 6.96. The van der Waals surface area contributed by atoms with Gasteiger partial charge in [-0.05, 0) is 29.8 Å². The molecule has 2 aromatic rings. The first-order valence-corrected chi connectivity index (χ1v) is 8.82. The van der Waals surface area contributed by atoms with Crippen LogP contribution in [0.2, 0.25) is 10.0 Å². The fourth-order valence-electron chi connectivity index (χ4n) is 1.63. The highest BCUT2D eigenvalue weighted by Gasteiger charge is 2.08. The van der Waals surface area contributed by atoms with Gasteiger partial charge in [-0.15, -0.1) is 11.8 Å². The summed E-state index contributed by atoms with van der Waals surface area (Å²) in [4.78, 5) is 11.9. The Balaban J connectivity index is 1.82. The Hall–Kier alpha value is -0.680. The van der Waals surface area contributed by atoms with Crippen LogP contribution in [0.3, 0.4) is 0 Å². The van der Waals surface area contributed by atoms with Gasteiger partial charge in [0.05, 0.1) is 21.5 Å². The van der Waals surface area contributed by atoms with Crippen LogP contribution in [0.5, 0.6) is 0 Å². The van der Waals surface area contributed by atoms with E-state index in [1.807, 2.05) is 24.3 Å². The molecule has 0 saturated heterocycles. The number of amides is 1. The van der Waals surface area contributed by atoms with Gasteiger partial charge in [-0.2, -0.15) is 0 Å². The number of anilines is 1. The van der Waals surface area contributed by atoms with Crippen LogP contribution < -0.4 is 5.32 Å². The van der Waals surface area contributed by atoms with Gasteiger partial charge in [-0.25, -0.2) is 0 Å². The van der Waals surface area contributed by atoms with Crippen molar-refractivity contribution in [1.82, 2.24) is 0 Å². The van der Waals surface area contributed by atoms with Gasteiger partial charge in [0.1, 0.15) is 0 Å². The van der Waals surface area contributed by atoms with Crippen molar-refractivity contribution >= 4 is 62.5 Å². The maximum Gasteiger partial charge on any atom is 0.234 e. The van der Waals surface area contributed by atoms with E-state index in [0.29, 0.717) is 21.5 Å². The Morgan fingerprint density at radius 1 is 1.14 bits per heavy atom. The lowest BCUT2D eigenvalue weighted by Gasteiger charge is -2.08. The van der Waals surface area contributed by atoms with Crippen LogP contribution in [0, 0.1) is 0 Å². The number of nitrogens with one attached hydrogen (secondary N) is 1. The fourth-order valence-corrected chi connectivity index (χ4v) is 3.03. The molecule has 110 valence electrons. The smallest absolute Gasteiger partial charge is 0.234 e. The van der Waals surface area contributed by atoms with Crippen molar-refractivity contribution in [3.05, 3.63) is 62.5 Å². The summed E-state index contributed by atoms with van der Waals surface area (Å²) < 4.78 is 1.05. The Labute approximate surface area is 146 Å². The maximum atomic E-state index is 11.9. The lowest BCUT2D eigenvalue weighted by atomic mass is 10.2. The Morgan fingerprint density at radius 3 is 2.57 bits per heavy atom. The van der Waals surface area contributed by atoms with Crippen LogP contribution in [-0.2, 0) is 10.5 Å². The van der Waals surface area contributed by atoms with Crippen molar-refractivity contribution in [2.75, 3.05) is 11.1 Å². The van der Waals surface area contributed by atoms with Crippen molar-refractivity contribution in [3.63, 3.8) is 0 Å². The summed E-state index contributed by atoms with van der Waals surface area (Å²) in [6, 6.07) is 13.2. The average molecular weight is 405 g/mol. The minimum atomic E-state index is -0.0960. The van der Waals surface area contributed by atoms with E-state index >= 15 is 0 Å². The van der Waals surface area contributed by atoms with Crippen molar-refractivity contribution in [2.24, 2.45) is 0 Å². The Morgan fingerprint density at radius 2 is 1.86 bits per heavy atom. The summed E-state index contributed by atoms with van der Waals surface area (Å²) in [5.74, 6) is 1.05. The summed E-state index contributed by atoms with van der Waals surface area (Å²) in [7, 11) is 0. The van der Waals surface area contributed by atoms with E-state index in [1.165, 1.54) is 5.56 Å². The van der Waals surface area contributed by atoms with Gasteiger partial charge in [0.2, 0.25) is 5.91 Å². The molecule has 2 nitrogen and oxygen atoms in total. The molecule has 0 saturated carbocycles. The Bertz CT molecular complexity index is 634. The third kappa shape index (κ3) is 5.22. The SMILES string of the molecule is O=C(CSCc1ccc(Br)cc1)Nc1cccc(Cl)c1Cl. The highest BCUT2D eigenvalue weighted by molar-refractivity contribution is 9.10. The van der Waals surface area contributed by atoms with E-state index in [4.69, 9.17) is 23.2 Å². The number of rotatable bonds is 5. The van der Waals surface area contributed by atoms with Crippen LogP contribution in [0.4, 0.5) is 5.69 Å². The molecule has 0 radical (unpaired) electrons. The van der Waals surface area contributed by atoms with Crippen LogP contribution in [-0.4, -0.2) is 11.7 Å². The van der Waals surface area contributed by atoms with Crippen LogP contribution in [0.25, 0.3) is 0 Å². The maximum absolute atomic E-state index is 11.9. The van der Waals surface area contributed by atoms with Crippen molar-refractivity contribution < 1.29 is 4.79 Å². The van der Waals surface area contributed by atoms with E-state index in [-0.39, 0.29) is 5.91 Å². The van der Waals surface area contributed by atoms with Gasteiger partial charge in [0.15, 0.2) is 0 Å². The number of hydrogen-bond donors (Lipinski definition) is 1. The number of halogens is 3. The van der Waals surface area contributed by atoms with Crippen molar-refractivity contribution in [1.29, 1.82) is 0 Å². The molecule has 1 amide bonds. The normalized spacial score (nSPS) is 10.4. The Kier molecular flexibility index (Phi) is 6.42.